The molecule has 1 aliphatic heterocycles. The minimum absolute atomic E-state index is 0.233. The van der Waals surface area contributed by atoms with E-state index >= 15 is 0 Å². The fourth-order valence-electron chi connectivity index (χ4n) is 1.75. The number of hydrogen-bond donors (Lipinski definition) is 2. The molecule has 2 N–H and O–H groups in total. The highest BCUT2D eigenvalue weighted by atomic mass is 32.2. The van der Waals surface area contributed by atoms with Crippen molar-refractivity contribution in [3.8, 4) is 0 Å². The van der Waals surface area contributed by atoms with Crippen molar-refractivity contribution in [3.05, 3.63) is 29.8 Å². The van der Waals surface area contributed by atoms with Gasteiger partial charge in [-0.15, -0.1) is 0 Å². The number of anilines is 1. The standard InChI is InChI=1S/C13H14F3N3OS/c1-8(21-12-17-6-7-18-12)11(20)19-10-5-3-2-4-9(10)13(14,15)16/h2-5,8H,6-7H2,1H3,(H,17,18)(H,19,20)/t8-/m0/s1. The molecular weight excluding hydrogens is 303 g/mol. The molecule has 4 nitrogen and oxygen atoms in total. The first kappa shape index (κ1) is 15.7. The van der Waals surface area contributed by atoms with Crippen LogP contribution in [0.3, 0.4) is 0 Å². The van der Waals surface area contributed by atoms with Gasteiger partial charge in [0.05, 0.1) is 23.0 Å². The van der Waals surface area contributed by atoms with Crippen molar-refractivity contribution in [2.24, 2.45) is 4.99 Å². The van der Waals surface area contributed by atoms with E-state index < -0.39 is 22.9 Å². The van der Waals surface area contributed by atoms with E-state index in [4.69, 9.17) is 0 Å². The van der Waals surface area contributed by atoms with Crippen LogP contribution in [-0.2, 0) is 11.0 Å². The first-order valence-corrected chi connectivity index (χ1v) is 7.18. The van der Waals surface area contributed by atoms with Crippen LogP contribution in [0, 0.1) is 0 Å². The molecule has 8 heteroatoms. The molecular formula is C13H14F3N3OS. The van der Waals surface area contributed by atoms with E-state index in [1.807, 2.05) is 0 Å². The second-order valence-corrected chi connectivity index (χ2v) is 5.74. The van der Waals surface area contributed by atoms with E-state index in [1.54, 1.807) is 6.92 Å². The van der Waals surface area contributed by atoms with Gasteiger partial charge in [0.2, 0.25) is 5.91 Å². The second kappa shape index (κ2) is 6.38. The molecule has 1 heterocycles. The summed E-state index contributed by atoms with van der Waals surface area (Å²) < 4.78 is 38.5. The molecule has 0 unspecified atom stereocenters. The summed E-state index contributed by atoms with van der Waals surface area (Å²) in [4.78, 5) is 16.1. The van der Waals surface area contributed by atoms with Crippen molar-refractivity contribution in [1.82, 2.24) is 5.32 Å². The minimum atomic E-state index is -4.50. The summed E-state index contributed by atoms with van der Waals surface area (Å²) in [6.45, 7) is 2.99. The zero-order valence-electron chi connectivity index (χ0n) is 11.2. The number of hydrogen-bond acceptors (Lipinski definition) is 4. The van der Waals surface area contributed by atoms with Gasteiger partial charge in [-0.05, 0) is 19.1 Å². The number of rotatable bonds is 3. The third-order valence-electron chi connectivity index (χ3n) is 2.79. The van der Waals surface area contributed by atoms with Gasteiger partial charge in [-0.25, -0.2) is 0 Å². The van der Waals surface area contributed by atoms with Crippen molar-refractivity contribution >= 4 is 28.5 Å². The van der Waals surface area contributed by atoms with Gasteiger partial charge in [-0.2, -0.15) is 13.2 Å². The number of thioether (sulfide) groups is 1. The highest BCUT2D eigenvalue weighted by molar-refractivity contribution is 8.14. The molecule has 0 saturated heterocycles. The molecule has 2 rings (SSSR count). The van der Waals surface area contributed by atoms with Crippen molar-refractivity contribution in [1.29, 1.82) is 0 Å². The van der Waals surface area contributed by atoms with Crippen molar-refractivity contribution in [2.45, 2.75) is 18.3 Å². The largest absolute Gasteiger partial charge is 0.418 e. The number of halogens is 3. The molecule has 0 spiro atoms. The van der Waals surface area contributed by atoms with Gasteiger partial charge in [0.1, 0.15) is 0 Å². The maximum absolute atomic E-state index is 12.8. The third-order valence-corrected chi connectivity index (χ3v) is 3.86. The summed E-state index contributed by atoms with van der Waals surface area (Å²) in [7, 11) is 0. The van der Waals surface area contributed by atoms with Crippen LogP contribution in [0.4, 0.5) is 18.9 Å². The molecule has 1 amide bonds. The molecule has 0 fully saturated rings. The number of amidine groups is 1. The van der Waals surface area contributed by atoms with Crippen LogP contribution in [0.2, 0.25) is 0 Å². The third kappa shape index (κ3) is 4.13. The maximum Gasteiger partial charge on any atom is 0.418 e. The first-order valence-electron chi connectivity index (χ1n) is 6.30. The summed E-state index contributed by atoms with van der Waals surface area (Å²) in [5.74, 6) is -0.492. The van der Waals surface area contributed by atoms with E-state index in [9.17, 15) is 18.0 Å². The van der Waals surface area contributed by atoms with E-state index in [0.717, 1.165) is 6.07 Å². The lowest BCUT2D eigenvalue weighted by atomic mass is 10.1. The monoisotopic (exact) mass is 317 g/mol. The molecule has 21 heavy (non-hydrogen) atoms. The average molecular weight is 317 g/mol. The van der Waals surface area contributed by atoms with Crippen molar-refractivity contribution in [3.63, 3.8) is 0 Å². The highest BCUT2D eigenvalue weighted by Gasteiger charge is 2.34. The molecule has 1 aromatic rings. The van der Waals surface area contributed by atoms with Crippen molar-refractivity contribution in [2.75, 3.05) is 18.4 Å². The Kier molecular flexibility index (Phi) is 4.76. The van der Waals surface area contributed by atoms with E-state index in [1.165, 1.54) is 30.0 Å². The molecule has 0 radical (unpaired) electrons. The summed E-state index contributed by atoms with van der Waals surface area (Å²) in [5, 5.41) is 5.42. The van der Waals surface area contributed by atoms with Gasteiger partial charge < -0.3 is 10.6 Å². The number of carbonyl (C=O) groups excluding carboxylic acids is 1. The maximum atomic E-state index is 12.8. The Morgan fingerprint density at radius 1 is 1.43 bits per heavy atom. The van der Waals surface area contributed by atoms with E-state index in [-0.39, 0.29) is 5.69 Å². The predicted octanol–water partition coefficient (Wildman–Crippen LogP) is 2.72. The number of aliphatic imine (C=N–C) groups is 1. The van der Waals surface area contributed by atoms with Crippen LogP contribution < -0.4 is 10.6 Å². The van der Waals surface area contributed by atoms with Gasteiger partial charge in [0.25, 0.3) is 0 Å². The number of alkyl halides is 3. The molecule has 114 valence electrons. The summed E-state index contributed by atoms with van der Waals surface area (Å²) >= 11 is 1.19. The van der Waals surface area contributed by atoms with Gasteiger partial charge in [-0.1, -0.05) is 23.9 Å². The minimum Gasteiger partial charge on any atom is -0.363 e. The van der Waals surface area contributed by atoms with E-state index in [0.29, 0.717) is 18.3 Å². The Hall–Kier alpha value is -1.70. The predicted molar refractivity (Wildman–Crippen MR) is 77.4 cm³/mol. The SMILES string of the molecule is C[C@H](SC1=NCCN1)C(=O)Nc1ccccc1C(F)(F)F. The van der Waals surface area contributed by atoms with Gasteiger partial charge >= 0.3 is 6.18 Å². The lowest BCUT2D eigenvalue weighted by molar-refractivity contribution is -0.137. The van der Waals surface area contributed by atoms with Gasteiger partial charge in [0, 0.05) is 6.54 Å². The molecule has 0 aromatic heterocycles. The molecule has 0 bridgehead atoms. The van der Waals surface area contributed by atoms with Crippen LogP contribution in [-0.4, -0.2) is 29.4 Å². The molecule has 1 aliphatic rings. The van der Waals surface area contributed by atoms with Gasteiger partial charge in [-0.3, -0.25) is 9.79 Å². The average Bonchev–Trinajstić information content (AvgIpc) is 2.91. The topological polar surface area (TPSA) is 53.5 Å². The van der Waals surface area contributed by atoms with Crippen LogP contribution in [0.15, 0.2) is 29.3 Å². The lowest BCUT2D eigenvalue weighted by Gasteiger charge is -2.16. The zero-order chi connectivity index (χ0) is 15.5. The zero-order valence-corrected chi connectivity index (χ0v) is 12.0. The Balaban J connectivity index is 2.05. The fourth-order valence-corrected chi connectivity index (χ4v) is 2.60. The number of carbonyl (C=O) groups is 1. The number of nitrogens with zero attached hydrogens (tertiary/aromatic N) is 1. The summed E-state index contributed by atoms with van der Waals surface area (Å²) in [6, 6.07) is 4.92. The Bertz CT molecular complexity index is 560. The fraction of sp³-hybridized carbons (Fsp3) is 0.385. The lowest BCUT2D eigenvalue weighted by Crippen LogP contribution is -2.27. The van der Waals surface area contributed by atoms with Crippen LogP contribution in [0.5, 0.6) is 0 Å². The summed E-state index contributed by atoms with van der Waals surface area (Å²) in [6.07, 6.45) is -4.50. The number of nitrogens with one attached hydrogen (secondary N) is 2. The molecule has 0 aliphatic carbocycles. The molecule has 1 aromatic carbocycles. The van der Waals surface area contributed by atoms with Crippen LogP contribution >= 0.6 is 11.8 Å². The quantitative estimate of drug-likeness (QED) is 0.901. The van der Waals surface area contributed by atoms with Crippen molar-refractivity contribution < 1.29 is 18.0 Å². The van der Waals surface area contributed by atoms with Crippen LogP contribution in [0.1, 0.15) is 12.5 Å². The Morgan fingerprint density at radius 3 is 2.76 bits per heavy atom. The number of amides is 1. The number of benzene rings is 1. The Morgan fingerprint density at radius 2 is 2.14 bits per heavy atom. The highest BCUT2D eigenvalue weighted by Crippen LogP contribution is 2.34. The summed E-state index contributed by atoms with van der Waals surface area (Å²) in [5.41, 5.74) is -1.09. The van der Waals surface area contributed by atoms with Gasteiger partial charge in [0.15, 0.2) is 5.17 Å². The normalized spacial score (nSPS) is 16.1. The Labute approximate surface area is 124 Å². The first-order chi connectivity index (χ1) is 9.88. The smallest absolute Gasteiger partial charge is 0.363 e. The molecule has 0 saturated carbocycles. The molecule has 1 atom stereocenters. The number of para-hydroxylation sites is 1. The second-order valence-electron chi connectivity index (χ2n) is 4.41. The van der Waals surface area contributed by atoms with Crippen LogP contribution in [0.25, 0.3) is 0 Å². The van der Waals surface area contributed by atoms with E-state index in [2.05, 4.69) is 15.6 Å².